The molecule has 0 unspecified atom stereocenters. The molecule has 1 aromatic carbocycles. The van der Waals surface area contributed by atoms with Crippen LogP contribution in [0.1, 0.15) is 23.7 Å². The Hall–Kier alpha value is -3.35. The number of esters is 1. The zero-order valence-corrected chi connectivity index (χ0v) is 13.7. The maximum Gasteiger partial charge on any atom is 0.345 e. The molecular formula is C15H17N3O7. The van der Waals surface area contributed by atoms with Gasteiger partial charge in [-0.3, -0.25) is 14.9 Å². The highest BCUT2D eigenvalue weighted by Crippen LogP contribution is 2.35. The summed E-state index contributed by atoms with van der Waals surface area (Å²) < 4.78 is 15.1. The third-order valence-corrected chi connectivity index (χ3v) is 2.89. The highest BCUT2D eigenvalue weighted by molar-refractivity contribution is 5.96. The molecule has 134 valence electrons. The van der Waals surface area contributed by atoms with Gasteiger partial charge in [-0.05, 0) is 6.92 Å². The fourth-order valence-electron chi connectivity index (χ4n) is 1.81. The predicted octanol–water partition coefficient (Wildman–Crippen LogP) is 1.19. The van der Waals surface area contributed by atoms with E-state index in [2.05, 4.69) is 5.32 Å². The molecule has 1 amide bonds. The molecule has 25 heavy (non-hydrogen) atoms. The quantitative estimate of drug-likeness (QED) is 0.303. The van der Waals surface area contributed by atoms with E-state index >= 15 is 0 Å². The Morgan fingerprint density at radius 2 is 2.08 bits per heavy atom. The standard InChI is InChI=1S/C15H17N3O7/c1-3-24-13-7-10(11(18(21)22)8-12(13)23-2)15(20)25-9-14(19)17-6-4-5-16/h7-8H,3-4,6,9H2,1-2H3,(H,17,19). The van der Waals surface area contributed by atoms with E-state index in [9.17, 15) is 19.7 Å². The second-order valence-corrected chi connectivity index (χ2v) is 4.54. The lowest BCUT2D eigenvalue weighted by molar-refractivity contribution is -0.385. The molecule has 0 atom stereocenters. The van der Waals surface area contributed by atoms with Crippen molar-refractivity contribution in [3.05, 3.63) is 27.8 Å². The second kappa shape index (κ2) is 9.71. The van der Waals surface area contributed by atoms with Crippen LogP contribution >= 0.6 is 0 Å². The van der Waals surface area contributed by atoms with Crippen molar-refractivity contribution in [1.82, 2.24) is 5.32 Å². The smallest absolute Gasteiger partial charge is 0.345 e. The first kappa shape index (κ1) is 19.7. The average Bonchev–Trinajstić information content (AvgIpc) is 2.59. The number of nitrogens with one attached hydrogen (secondary N) is 1. The number of carbonyl (C=O) groups is 2. The molecule has 0 spiro atoms. The molecule has 0 fully saturated rings. The molecule has 0 aromatic heterocycles. The van der Waals surface area contributed by atoms with Crippen LogP contribution in [0, 0.1) is 21.4 Å². The summed E-state index contributed by atoms with van der Waals surface area (Å²) in [7, 11) is 1.31. The molecule has 0 heterocycles. The molecule has 10 nitrogen and oxygen atoms in total. The largest absolute Gasteiger partial charge is 0.493 e. The van der Waals surface area contributed by atoms with Crippen LogP contribution < -0.4 is 14.8 Å². The first-order chi connectivity index (χ1) is 11.9. The Bertz CT molecular complexity index is 697. The van der Waals surface area contributed by atoms with Gasteiger partial charge in [0.1, 0.15) is 5.56 Å². The number of ether oxygens (including phenoxy) is 3. The number of methoxy groups -OCH3 is 1. The van der Waals surface area contributed by atoms with E-state index in [1.807, 2.05) is 6.07 Å². The number of nitrogens with zero attached hydrogens (tertiary/aromatic N) is 2. The van der Waals surface area contributed by atoms with Gasteiger partial charge < -0.3 is 19.5 Å². The van der Waals surface area contributed by atoms with Crippen molar-refractivity contribution in [2.24, 2.45) is 0 Å². The molecule has 0 aliphatic rings. The molecule has 1 N–H and O–H groups in total. The van der Waals surface area contributed by atoms with Crippen LogP contribution in [-0.2, 0) is 9.53 Å². The lowest BCUT2D eigenvalue weighted by atomic mass is 10.1. The number of nitro benzene ring substituents is 1. The van der Waals surface area contributed by atoms with Crippen LogP contribution in [0.15, 0.2) is 12.1 Å². The molecule has 1 aromatic rings. The summed E-state index contributed by atoms with van der Waals surface area (Å²) >= 11 is 0. The zero-order chi connectivity index (χ0) is 18.8. The van der Waals surface area contributed by atoms with E-state index in [0.717, 1.165) is 12.1 Å². The topological polar surface area (TPSA) is 141 Å². The number of nitriles is 1. The first-order valence-electron chi connectivity index (χ1n) is 7.24. The number of rotatable bonds is 9. The summed E-state index contributed by atoms with van der Waals surface area (Å²) in [6.45, 7) is 1.44. The third-order valence-electron chi connectivity index (χ3n) is 2.89. The van der Waals surface area contributed by atoms with E-state index in [-0.39, 0.29) is 36.6 Å². The van der Waals surface area contributed by atoms with Gasteiger partial charge in [0.2, 0.25) is 0 Å². The van der Waals surface area contributed by atoms with Crippen molar-refractivity contribution in [3.8, 4) is 17.6 Å². The van der Waals surface area contributed by atoms with Crippen molar-refractivity contribution in [3.63, 3.8) is 0 Å². The maximum atomic E-state index is 12.1. The minimum absolute atomic E-state index is 0.0966. The van der Waals surface area contributed by atoms with Gasteiger partial charge in [-0.1, -0.05) is 0 Å². The van der Waals surface area contributed by atoms with Crippen molar-refractivity contribution < 1.29 is 28.7 Å². The van der Waals surface area contributed by atoms with Crippen molar-refractivity contribution >= 4 is 17.6 Å². The third kappa shape index (κ3) is 5.65. The SMILES string of the molecule is CCOc1cc(C(=O)OCC(=O)NCCC#N)c([N+](=O)[O-])cc1OC. The number of benzene rings is 1. The van der Waals surface area contributed by atoms with E-state index in [1.165, 1.54) is 7.11 Å². The summed E-state index contributed by atoms with van der Waals surface area (Å²) in [6, 6.07) is 4.02. The van der Waals surface area contributed by atoms with Crippen LogP contribution in [-0.4, -0.2) is 43.7 Å². The van der Waals surface area contributed by atoms with Gasteiger partial charge in [0.15, 0.2) is 18.1 Å². The first-order valence-corrected chi connectivity index (χ1v) is 7.24. The molecule has 0 bridgehead atoms. The average molecular weight is 351 g/mol. The van der Waals surface area contributed by atoms with Crippen LogP contribution in [0.5, 0.6) is 11.5 Å². The molecule has 10 heteroatoms. The Labute approximate surface area is 143 Å². The Kier molecular flexibility index (Phi) is 7.65. The van der Waals surface area contributed by atoms with Gasteiger partial charge in [-0.2, -0.15) is 5.26 Å². The lowest BCUT2D eigenvalue weighted by Crippen LogP contribution is -2.29. The number of hydrogen-bond acceptors (Lipinski definition) is 8. The molecule has 0 saturated carbocycles. The van der Waals surface area contributed by atoms with E-state index in [1.54, 1.807) is 6.92 Å². The van der Waals surface area contributed by atoms with Gasteiger partial charge >= 0.3 is 5.97 Å². The maximum absolute atomic E-state index is 12.1. The Morgan fingerprint density at radius 1 is 1.36 bits per heavy atom. The number of nitro groups is 1. The molecule has 0 saturated heterocycles. The van der Waals surface area contributed by atoms with Crippen LogP contribution in [0.3, 0.4) is 0 Å². The summed E-state index contributed by atoms with van der Waals surface area (Å²) in [5.74, 6) is -1.43. The van der Waals surface area contributed by atoms with Crippen molar-refractivity contribution in [2.75, 3.05) is 26.9 Å². The van der Waals surface area contributed by atoms with Crippen LogP contribution in [0.25, 0.3) is 0 Å². The fourth-order valence-corrected chi connectivity index (χ4v) is 1.81. The minimum atomic E-state index is -1.05. The van der Waals surface area contributed by atoms with Crippen LogP contribution in [0.4, 0.5) is 5.69 Å². The van der Waals surface area contributed by atoms with Crippen molar-refractivity contribution in [2.45, 2.75) is 13.3 Å². The van der Waals surface area contributed by atoms with Crippen LogP contribution in [0.2, 0.25) is 0 Å². The normalized spacial score (nSPS) is 9.64. The van der Waals surface area contributed by atoms with E-state index in [0.29, 0.717) is 0 Å². The van der Waals surface area contributed by atoms with Gasteiger partial charge in [-0.15, -0.1) is 0 Å². The summed E-state index contributed by atoms with van der Waals surface area (Å²) in [5, 5.41) is 21.9. The molecule has 1 rings (SSSR count). The Balaban J connectivity index is 2.95. The second-order valence-electron chi connectivity index (χ2n) is 4.54. The molecular weight excluding hydrogens is 334 g/mol. The minimum Gasteiger partial charge on any atom is -0.493 e. The van der Waals surface area contributed by atoms with Gasteiger partial charge in [-0.25, -0.2) is 4.79 Å². The summed E-state index contributed by atoms with van der Waals surface area (Å²) in [6.07, 6.45) is 0.112. The summed E-state index contributed by atoms with van der Waals surface area (Å²) in [4.78, 5) is 34.0. The number of amides is 1. The van der Waals surface area contributed by atoms with E-state index in [4.69, 9.17) is 19.5 Å². The molecule has 0 radical (unpaired) electrons. The zero-order valence-electron chi connectivity index (χ0n) is 13.7. The van der Waals surface area contributed by atoms with Gasteiger partial charge in [0, 0.05) is 12.6 Å². The monoisotopic (exact) mass is 351 g/mol. The lowest BCUT2D eigenvalue weighted by Gasteiger charge is -2.11. The number of hydrogen-bond donors (Lipinski definition) is 1. The molecule has 0 aliphatic carbocycles. The molecule has 0 aliphatic heterocycles. The predicted molar refractivity (Wildman–Crippen MR) is 84.3 cm³/mol. The van der Waals surface area contributed by atoms with Gasteiger partial charge in [0.25, 0.3) is 11.6 Å². The van der Waals surface area contributed by atoms with Crippen molar-refractivity contribution in [1.29, 1.82) is 5.26 Å². The fraction of sp³-hybridized carbons (Fsp3) is 0.400. The number of carbonyl (C=O) groups excluding carboxylic acids is 2. The highest BCUT2D eigenvalue weighted by atomic mass is 16.6. The van der Waals surface area contributed by atoms with E-state index < -0.39 is 29.1 Å². The highest BCUT2D eigenvalue weighted by Gasteiger charge is 2.26. The Morgan fingerprint density at radius 3 is 2.64 bits per heavy atom. The summed E-state index contributed by atoms with van der Waals surface area (Å²) in [5.41, 5.74) is -0.894. The van der Waals surface area contributed by atoms with Gasteiger partial charge in [0.05, 0.1) is 37.2 Å².